The molecule has 1 aromatic carbocycles. The summed E-state index contributed by atoms with van der Waals surface area (Å²) >= 11 is 3.47. The van der Waals surface area contributed by atoms with Crippen LogP contribution in [0.1, 0.15) is 32.3 Å². The van der Waals surface area contributed by atoms with Crippen LogP contribution in [0.4, 0.5) is 5.69 Å². The number of aliphatic hydroxyl groups is 1. The normalized spacial score (nSPS) is 12.7. The molecule has 1 atom stereocenters. The third-order valence-corrected chi connectivity index (χ3v) is 3.97. The van der Waals surface area contributed by atoms with E-state index >= 15 is 0 Å². The zero-order chi connectivity index (χ0) is 15.0. The molecule has 0 aliphatic heterocycles. The van der Waals surface area contributed by atoms with Crippen LogP contribution >= 0.6 is 15.9 Å². The minimum absolute atomic E-state index is 0.389. The fourth-order valence-corrected chi connectivity index (χ4v) is 2.11. The first-order valence-corrected chi connectivity index (χ1v) is 8.04. The monoisotopic (exact) mass is 343 g/mol. The number of rotatable bonds is 9. The van der Waals surface area contributed by atoms with Crippen molar-refractivity contribution in [1.82, 2.24) is 0 Å². The second-order valence-electron chi connectivity index (χ2n) is 5.61. The maximum atomic E-state index is 9.85. The first kappa shape index (κ1) is 17.5. The average Bonchev–Trinajstić information content (AvgIpc) is 2.39. The lowest BCUT2D eigenvalue weighted by Crippen LogP contribution is -2.25. The molecule has 2 N–H and O–H groups in total. The molecule has 20 heavy (non-hydrogen) atoms. The van der Waals surface area contributed by atoms with Gasteiger partial charge < -0.3 is 15.2 Å². The van der Waals surface area contributed by atoms with Crippen LogP contribution in [0.15, 0.2) is 22.7 Å². The molecule has 0 spiro atoms. The number of aryl methyl sites for hydroxylation is 1. The average molecular weight is 344 g/mol. The molecule has 1 unspecified atom stereocenters. The van der Waals surface area contributed by atoms with Gasteiger partial charge in [0, 0.05) is 23.3 Å². The minimum atomic E-state index is -0.474. The fraction of sp³-hybridized carbons (Fsp3) is 0.625. The third-order valence-electron chi connectivity index (χ3n) is 3.08. The third kappa shape index (κ3) is 7.27. The molecule has 114 valence electrons. The quantitative estimate of drug-likeness (QED) is 0.666. The van der Waals surface area contributed by atoms with Crippen LogP contribution in [0.25, 0.3) is 0 Å². The van der Waals surface area contributed by atoms with E-state index in [4.69, 9.17) is 4.74 Å². The van der Waals surface area contributed by atoms with Crippen molar-refractivity contribution in [2.75, 3.05) is 25.1 Å². The summed E-state index contributed by atoms with van der Waals surface area (Å²) in [6.07, 6.45) is 1.76. The van der Waals surface area contributed by atoms with Crippen LogP contribution in [0.5, 0.6) is 0 Å². The highest BCUT2D eigenvalue weighted by molar-refractivity contribution is 9.10. The summed E-state index contributed by atoms with van der Waals surface area (Å²) in [5.41, 5.74) is 2.19. The number of ether oxygens (including phenoxy) is 1. The van der Waals surface area contributed by atoms with Gasteiger partial charge in [0.1, 0.15) is 0 Å². The van der Waals surface area contributed by atoms with Gasteiger partial charge in [-0.2, -0.15) is 0 Å². The summed E-state index contributed by atoms with van der Waals surface area (Å²) in [4.78, 5) is 0. The van der Waals surface area contributed by atoms with Gasteiger partial charge in [0.2, 0.25) is 0 Å². The number of hydrogen-bond donors (Lipinski definition) is 2. The van der Waals surface area contributed by atoms with Crippen molar-refractivity contribution in [3.05, 3.63) is 28.2 Å². The first-order chi connectivity index (χ1) is 9.49. The zero-order valence-corrected chi connectivity index (χ0v) is 14.2. The van der Waals surface area contributed by atoms with Crippen LogP contribution in [0.2, 0.25) is 0 Å². The Morgan fingerprint density at radius 1 is 1.35 bits per heavy atom. The number of nitrogens with one attached hydrogen (secondary N) is 1. The Morgan fingerprint density at radius 2 is 2.10 bits per heavy atom. The Morgan fingerprint density at radius 3 is 2.75 bits per heavy atom. The Labute approximate surface area is 130 Å². The SMILES string of the molecule is Cc1cc(NCC(O)COCCCC(C)C)ccc1Br. The molecule has 0 bridgehead atoms. The maximum Gasteiger partial charge on any atom is 0.0945 e. The van der Waals surface area contributed by atoms with E-state index in [1.54, 1.807) is 0 Å². The Hall–Kier alpha value is -0.580. The smallest absolute Gasteiger partial charge is 0.0945 e. The molecule has 0 aliphatic carbocycles. The molecule has 0 radical (unpaired) electrons. The first-order valence-electron chi connectivity index (χ1n) is 7.25. The summed E-state index contributed by atoms with van der Waals surface area (Å²) in [5.74, 6) is 0.714. The highest BCUT2D eigenvalue weighted by atomic mass is 79.9. The standard InChI is InChI=1S/C16H26BrNO2/c1-12(2)5-4-8-20-11-15(19)10-18-14-6-7-16(17)13(3)9-14/h6-7,9,12,15,18-19H,4-5,8,10-11H2,1-3H3. The highest BCUT2D eigenvalue weighted by Crippen LogP contribution is 2.19. The second-order valence-corrected chi connectivity index (χ2v) is 6.46. The molecule has 4 heteroatoms. The van der Waals surface area contributed by atoms with Gasteiger partial charge in [0.15, 0.2) is 0 Å². The number of benzene rings is 1. The summed E-state index contributed by atoms with van der Waals surface area (Å²) in [7, 11) is 0. The van der Waals surface area contributed by atoms with Crippen molar-refractivity contribution in [1.29, 1.82) is 0 Å². The highest BCUT2D eigenvalue weighted by Gasteiger charge is 2.05. The molecule has 0 amide bonds. The van der Waals surface area contributed by atoms with E-state index in [0.29, 0.717) is 19.1 Å². The van der Waals surface area contributed by atoms with Gasteiger partial charge >= 0.3 is 0 Å². The van der Waals surface area contributed by atoms with E-state index in [1.807, 2.05) is 19.1 Å². The lowest BCUT2D eigenvalue weighted by atomic mass is 10.1. The molecular formula is C16H26BrNO2. The number of anilines is 1. The van der Waals surface area contributed by atoms with Crippen molar-refractivity contribution in [2.45, 2.75) is 39.7 Å². The van der Waals surface area contributed by atoms with E-state index < -0.39 is 6.10 Å². The Balaban J connectivity index is 2.16. The van der Waals surface area contributed by atoms with Gasteiger partial charge in [0.05, 0.1) is 12.7 Å². The molecule has 0 saturated heterocycles. The van der Waals surface area contributed by atoms with Gasteiger partial charge in [-0.25, -0.2) is 0 Å². The molecule has 0 fully saturated rings. The van der Waals surface area contributed by atoms with E-state index in [2.05, 4.69) is 41.2 Å². The lowest BCUT2D eigenvalue weighted by Gasteiger charge is -2.14. The summed E-state index contributed by atoms with van der Waals surface area (Å²) in [6, 6.07) is 6.06. The number of aliphatic hydroxyl groups excluding tert-OH is 1. The molecular weight excluding hydrogens is 318 g/mol. The van der Waals surface area contributed by atoms with Crippen molar-refractivity contribution in [3.8, 4) is 0 Å². The van der Waals surface area contributed by atoms with Gasteiger partial charge in [-0.05, 0) is 49.4 Å². The summed E-state index contributed by atoms with van der Waals surface area (Å²) in [6.45, 7) is 8.08. The maximum absolute atomic E-state index is 9.85. The molecule has 0 aromatic heterocycles. The molecule has 1 aromatic rings. The van der Waals surface area contributed by atoms with E-state index in [1.165, 1.54) is 12.0 Å². The van der Waals surface area contributed by atoms with E-state index in [0.717, 1.165) is 23.2 Å². The zero-order valence-electron chi connectivity index (χ0n) is 12.7. The predicted molar refractivity (Wildman–Crippen MR) is 88.3 cm³/mol. The van der Waals surface area contributed by atoms with Crippen LogP contribution in [-0.2, 0) is 4.74 Å². The van der Waals surface area contributed by atoms with Crippen LogP contribution < -0.4 is 5.32 Å². The van der Waals surface area contributed by atoms with Crippen molar-refractivity contribution in [3.63, 3.8) is 0 Å². The topological polar surface area (TPSA) is 41.5 Å². The minimum Gasteiger partial charge on any atom is -0.389 e. The summed E-state index contributed by atoms with van der Waals surface area (Å²) in [5, 5.41) is 13.1. The fourth-order valence-electron chi connectivity index (χ4n) is 1.86. The van der Waals surface area contributed by atoms with Gasteiger partial charge in [-0.3, -0.25) is 0 Å². The van der Waals surface area contributed by atoms with Gasteiger partial charge in [0.25, 0.3) is 0 Å². The Kier molecular flexibility index (Phi) is 8.19. The van der Waals surface area contributed by atoms with Crippen LogP contribution in [-0.4, -0.2) is 31.0 Å². The largest absolute Gasteiger partial charge is 0.389 e. The lowest BCUT2D eigenvalue weighted by molar-refractivity contribution is 0.0409. The van der Waals surface area contributed by atoms with Crippen LogP contribution in [0.3, 0.4) is 0 Å². The number of hydrogen-bond acceptors (Lipinski definition) is 3. The molecule has 0 aliphatic rings. The molecule has 1 rings (SSSR count). The van der Waals surface area contributed by atoms with Crippen LogP contribution in [0, 0.1) is 12.8 Å². The Bertz CT molecular complexity index is 396. The van der Waals surface area contributed by atoms with Crippen molar-refractivity contribution in [2.24, 2.45) is 5.92 Å². The molecule has 0 heterocycles. The summed E-state index contributed by atoms with van der Waals surface area (Å²) < 4.78 is 6.57. The van der Waals surface area contributed by atoms with Crippen molar-refractivity contribution < 1.29 is 9.84 Å². The van der Waals surface area contributed by atoms with E-state index in [9.17, 15) is 5.11 Å². The van der Waals surface area contributed by atoms with E-state index in [-0.39, 0.29) is 0 Å². The van der Waals surface area contributed by atoms with Gasteiger partial charge in [-0.15, -0.1) is 0 Å². The van der Waals surface area contributed by atoms with Gasteiger partial charge in [-0.1, -0.05) is 29.8 Å². The second kappa shape index (κ2) is 9.37. The predicted octanol–water partition coefficient (Wildman–Crippen LogP) is 3.98. The molecule has 3 nitrogen and oxygen atoms in total. The number of halogens is 1. The van der Waals surface area contributed by atoms with Crippen molar-refractivity contribution >= 4 is 21.6 Å². The molecule has 0 saturated carbocycles.